The Balaban J connectivity index is 2.64. The van der Waals surface area contributed by atoms with Crippen molar-refractivity contribution in [2.75, 3.05) is 13.2 Å². The van der Waals surface area contributed by atoms with E-state index in [0.717, 1.165) is 10.0 Å². The van der Waals surface area contributed by atoms with E-state index in [2.05, 4.69) is 40.4 Å². The van der Waals surface area contributed by atoms with E-state index < -0.39 is 0 Å². The van der Waals surface area contributed by atoms with Crippen molar-refractivity contribution in [2.45, 2.75) is 26.4 Å². The first-order chi connectivity index (χ1) is 9.52. The van der Waals surface area contributed by atoms with Crippen LogP contribution < -0.4 is 15.4 Å². The van der Waals surface area contributed by atoms with Gasteiger partial charge in [0.2, 0.25) is 0 Å². The second-order valence-corrected chi connectivity index (χ2v) is 5.43. The third-order valence-corrected chi connectivity index (χ3v) is 2.94. The van der Waals surface area contributed by atoms with E-state index in [0.29, 0.717) is 18.3 Å². The second-order valence-electron chi connectivity index (χ2n) is 4.51. The summed E-state index contributed by atoms with van der Waals surface area (Å²) in [6.07, 6.45) is 0. The van der Waals surface area contributed by atoms with Gasteiger partial charge in [0.1, 0.15) is 12.3 Å². The number of nitrogens with zero attached hydrogens (tertiary/aromatic N) is 1. The van der Waals surface area contributed by atoms with Crippen LogP contribution in [0.1, 0.15) is 19.4 Å². The van der Waals surface area contributed by atoms with Crippen molar-refractivity contribution in [1.82, 2.24) is 10.6 Å². The standard InChI is InChI=1S/C14H18BrN3O2/c1-10(2)18-8-11-7-12(15)3-4-13(11)20-9-14(19)17-6-5-16/h3-4,7,10,18H,6,8-9H2,1-2H3,(H,17,19). The van der Waals surface area contributed by atoms with E-state index in [1.54, 1.807) is 0 Å². The predicted molar refractivity (Wildman–Crippen MR) is 80.2 cm³/mol. The van der Waals surface area contributed by atoms with E-state index in [9.17, 15) is 4.79 Å². The van der Waals surface area contributed by atoms with Gasteiger partial charge < -0.3 is 15.4 Å². The van der Waals surface area contributed by atoms with Gasteiger partial charge in [-0.05, 0) is 18.2 Å². The Morgan fingerprint density at radius 1 is 1.50 bits per heavy atom. The van der Waals surface area contributed by atoms with Gasteiger partial charge in [-0.1, -0.05) is 29.8 Å². The number of carbonyl (C=O) groups is 1. The van der Waals surface area contributed by atoms with Crippen molar-refractivity contribution in [3.63, 3.8) is 0 Å². The van der Waals surface area contributed by atoms with Crippen molar-refractivity contribution in [1.29, 1.82) is 5.26 Å². The number of hydrogen-bond donors (Lipinski definition) is 2. The molecule has 0 aliphatic heterocycles. The second kappa shape index (κ2) is 8.56. The summed E-state index contributed by atoms with van der Waals surface area (Å²) in [6, 6.07) is 7.84. The minimum Gasteiger partial charge on any atom is -0.483 e. The molecule has 0 fully saturated rings. The summed E-state index contributed by atoms with van der Waals surface area (Å²) in [4.78, 5) is 11.4. The highest BCUT2D eigenvalue weighted by Crippen LogP contribution is 2.23. The molecule has 0 radical (unpaired) electrons. The van der Waals surface area contributed by atoms with Crippen LogP contribution in [0.3, 0.4) is 0 Å². The summed E-state index contributed by atoms with van der Waals surface area (Å²) in [5.74, 6) is 0.352. The molecule has 1 amide bonds. The third-order valence-electron chi connectivity index (χ3n) is 2.45. The maximum Gasteiger partial charge on any atom is 0.258 e. The van der Waals surface area contributed by atoms with Crippen LogP contribution in [0.5, 0.6) is 5.75 Å². The summed E-state index contributed by atoms with van der Waals surface area (Å²) in [5, 5.41) is 14.1. The van der Waals surface area contributed by atoms with Crippen molar-refractivity contribution >= 4 is 21.8 Å². The summed E-state index contributed by atoms with van der Waals surface area (Å²) >= 11 is 3.42. The Labute approximate surface area is 127 Å². The van der Waals surface area contributed by atoms with Crippen molar-refractivity contribution in [3.05, 3.63) is 28.2 Å². The quantitative estimate of drug-likeness (QED) is 0.745. The highest BCUT2D eigenvalue weighted by atomic mass is 79.9. The van der Waals surface area contributed by atoms with Crippen LogP contribution in [0, 0.1) is 11.3 Å². The van der Waals surface area contributed by atoms with Gasteiger partial charge in [-0.15, -0.1) is 0 Å². The van der Waals surface area contributed by atoms with Crippen LogP contribution in [-0.2, 0) is 11.3 Å². The predicted octanol–water partition coefficient (Wildman–Crippen LogP) is 1.97. The van der Waals surface area contributed by atoms with E-state index in [1.807, 2.05) is 24.3 Å². The van der Waals surface area contributed by atoms with E-state index >= 15 is 0 Å². The van der Waals surface area contributed by atoms with Gasteiger partial charge >= 0.3 is 0 Å². The molecule has 0 saturated heterocycles. The minimum atomic E-state index is -0.308. The van der Waals surface area contributed by atoms with Crippen LogP contribution >= 0.6 is 15.9 Å². The molecule has 0 saturated carbocycles. The summed E-state index contributed by atoms with van der Waals surface area (Å²) < 4.78 is 6.46. The topological polar surface area (TPSA) is 74.2 Å². The van der Waals surface area contributed by atoms with E-state index in [4.69, 9.17) is 10.00 Å². The molecule has 0 heterocycles. The molecule has 6 heteroatoms. The molecule has 5 nitrogen and oxygen atoms in total. The largest absolute Gasteiger partial charge is 0.483 e. The van der Waals surface area contributed by atoms with Crippen LogP contribution in [-0.4, -0.2) is 25.1 Å². The van der Waals surface area contributed by atoms with E-state index in [-0.39, 0.29) is 19.1 Å². The van der Waals surface area contributed by atoms with Crippen LogP contribution in [0.4, 0.5) is 0 Å². The Hall–Kier alpha value is -1.58. The first-order valence-corrected chi connectivity index (χ1v) is 7.10. The Kier molecular flexibility index (Phi) is 7.05. The number of benzene rings is 1. The molecule has 0 atom stereocenters. The number of hydrogen-bond acceptors (Lipinski definition) is 4. The molecule has 20 heavy (non-hydrogen) atoms. The molecule has 0 aliphatic rings. The minimum absolute atomic E-state index is 0.00963. The third kappa shape index (κ3) is 6.04. The molecule has 0 unspecified atom stereocenters. The van der Waals surface area contributed by atoms with Gasteiger partial charge in [-0.25, -0.2) is 0 Å². The lowest BCUT2D eigenvalue weighted by molar-refractivity contribution is -0.122. The molecular weight excluding hydrogens is 322 g/mol. The number of carbonyl (C=O) groups excluding carboxylic acids is 1. The Morgan fingerprint density at radius 3 is 2.90 bits per heavy atom. The highest BCUT2D eigenvalue weighted by molar-refractivity contribution is 9.10. The fourth-order valence-electron chi connectivity index (χ4n) is 1.47. The molecule has 1 rings (SSSR count). The fourth-order valence-corrected chi connectivity index (χ4v) is 1.88. The fraction of sp³-hybridized carbons (Fsp3) is 0.429. The lowest BCUT2D eigenvalue weighted by atomic mass is 10.2. The summed E-state index contributed by atoms with van der Waals surface area (Å²) in [7, 11) is 0. The molecule has 0 aliphatic carbocycles. The van der Waals surface area contributed by atoms with E-state index in [1.165, 1.54) is 0 Å². The molecule has 0 aromatic heterocycles. The van der Waals surface area contributed by atoms with Gasteiger partial charge in [-0.3, -0.25) is 4.79 Å². The average Bonchev–Trinajstić information content (AvgIpc) is 2.41. The van der Waals surface area contributed by atoms with Crippen molar-refractivity contribution in [3.8, 4) is 11.8 Å². The van der Waals surface area contributed by atoms with Gasteiger partial charge in [0.05, 0.1) is 6.07 Å². The molecular formula is C14H18BrN3O2. The molecule has 2 N–H and O–H groups in total. The number of nitriles is 1. The highest BCUT2D eigenvalue weighted by Gasteiger charge is 2.08. The lowest BCUT2D eigenvalue weighted by Gasteiger charge is -2.14. The molecule has 1 aromatic rings. The number of ether oxygens (including phenoxy) is 1. The maximum atomic E-state index is 11.4. The SMILES string of the molecule is CC(C)NCc1cc(Br)ccc1OCC(=O)NCC#N. The number of rotatable bonds is 7. The summed E-state index contributed by atoms with van der Waals surface area (Å²) in [5.41, 5.74) is 0.973. The van der Waals surface area contributed by atoms with Gasteiger partial charge in [0.15, 0.2) is 6.61 Å². The number of nitrogens with one attached hydrogen (secondary N) is 2. The van der Waals surface area contributed by atoms with Crippen molar-refractivity contribution < 1.29 is 9.53 Å². The van der Waals surface area contributed by atoms with Gasteiger partial charge in [0.25, 0.3) is 5.91 Å². The first-order valence-electron chi connectivity index (χ1n) is 6.31. The monoisotopic (exact) mass is 339 g/mol. The maximum absolute atomic E-state index is 11.4. The number of amides is 1. The van der Waals surface area contributed by atoms with Crippen LogP contribution in [0.25, 0.3) is 0 Å². The molecule has 0 spiro atoms. The normalized spacial score (nSPS) is 10.2. The first kappa shape index (κ1) is 16.5. The van der Waals surface area contributed by atoms with Crippen LogP contribution in [0.15, 0.2) is 22.7 Å². The Morgan fingerprint density at radius 2 is 2.25 bits per heavy atom. The zero-order chi connectivity index (χ0) is 15.0. The average molecular weight is 340 g/mol. The number of halogens is 1. The smallest absolute Gasteiger partial charge is 0.258 e. The lowest BCUT2D eigenvalue weighted by Crippen LogP contribution is -2.29. The van der Waals surface area contributed by atoms with Crippen LogP contribution in [0.2, 0.25) is 0 Å². The zero-order valence-electron chi connectivity index (χ0n) is 11.6. The summed E-state index contributed by atoms with van der Waals surface area (Å²) in [6.45, 7) is 4.68. The Bertz CT molecular complexity index is 498. The van der Waals surface area contributed by atoms with Gasteiger partial charge in [0, 0.05) is 22.6 Å². The molecule has 108 valence electrons. The van der Waals surface area contributed by atoms with Crippen molar-refractivity contribution in [2.24, 2.45) is 0 Å². The molecule has 0 bridgehead atoms. The molecule has 1 aromatic carbocycles. The van der Waals surface area contributed by atoms with Gasteiger partial charge in [-0.2, -0.15) is 5.26 Å². The zero-order valence-corrected chi connectivity index (χ0v) is 13.2.